The fourth-order valence-corrected chi connectivity index (χ4v) is 2.47. The summed E-state index contributed by atoms with van der Waals surface area (Å²) >= 11 is 0. The number of amides is 2. The molecule has 2 amide bonds. The highest BCUT2D eigenvalue weighted by Crippen LogP contribution is 2.16. The van der Waals surface area contributed by atoms with Gasteiger partial charge in [-0.05, 0) is 39.3 Å². The Bertz CT molecular complexity index is 345. The molecule has 7 heteroatoms. The van der Waals surface area contributed by atoms with Crippen molar-refractivity contribution in [2.75, 3.05) is 33.2 Å². The minimum Gasteiger partial charge on any atom is -0.481 e. The van der Waals surface area contributed by atoms with Gasteiger partial charge in [-0.25, -0.2) is 4.79 Å². The Balaban J connectivity index is 2.40. The third-order valence-electron chi connectivity index (χ3n) is 3.45. The quantitative estimate of drug-likeness (QED) is 0.544. The van der Waals surface area contributed by atoms with Gasteiger partial charge >= 0.3 is 12.0 Å². The van der Waals surface area contributed by atoms with Crippen LogP contribution in [0.5, 0.6) is 0 Å². The van der Waals surface area contributed by atoms with Crippen molar-refractivity contribution < 1.29 is 19.8 Å². The third kappa shape index (κ3) is 5.75. The molecule has 1 saturated heterocycles. The number of likely N-dealkylation sites (tertiary alicyclic amines) is 1. The number of nitrogens with zero attached hydrogens (tertiary/aromatic N) is 1. The van der Waals surface area contributed by atoms with E-state index in [0.717, 1.165) is 19.4 Å². The summed E-state index contributed by atoms with van der Waals surface area (Å²) in [6.45, 7) is 3.61. The number of hydrogen-bond donors (Lipinski definition) is 4. The lowest BCUT2D eigenvalue weighted by Crippen LogP contribution is -2.50. The maximum absolute atomic E-state index is 12.0. The van der Waals surface area contributed by atoms with Crippen LogP contribution in [0.3, 0.4) is 0 Å². The van der Waals surface area contributed by atoms with Crippen LogP contribution >= 0.6 is 0 Å². The minimum atomic E-state index is -1.43. The van der Waals surface area contributed by atoms with E-state index in [1.807, 2.05) is 7.05 Å². The zero-order valence-corrected chi connectivity index (χ0v) is 12.2. The Morgan fingerprint density at radius 2 is 2.15 bits per heavy atom. The molecule has 4 N–H and O–H groups in total. The standard InChI is InChI=1S/C13H25N3O4/c1-13(20,6-11(17)18)9-15-12(19)16-5-3-4-10(8-16)7-14-2/h10,14,20H,3-9H2,1-2H3,(H,15,19)(H,17,18). The van der Waals surface area contributed by atoms with Crippen molar-refractivity contribution in [3.63, 3.8) is 0 Å². The van der Waals surface area contributed by atoms with Crippen LogP contribution in [0.15, 0.2) is 0 Å². The zero-order valence-electron chi connectivity index (χ0n) is 12.2. The van der Waals surface area contributed by atoms with Gasteiger partial charge in [-0.15, -0.1) is 0 Å². The van der Waals surface area contributed by atoms with Gasteiger partial charge in [0.15, 0.2) is 0 Å². The van der Waals surface area contributed by atoms with Gasteiger partial charge in [0.05, 0.1) is 12.0 Å². The smallest absolute Gasteiger partial charge is 0.317 e. The first-order valence-electron chi connectivity index (χ1n) is 6.95. The molecule has 7 nitrogen and oxygen atoms in total. The maximum atomic E-state index is 12.0. The lowest BCUT2D eigenvalue weighted by molar-refractivity contribution is -0.141. The summed E-state index contributed by atoms with van der Waals surface area (Å²) in [6, 6.07) is -0.239. The van der Waals surface area contributed by atoms with E-state index in [0.29, 0.717) is 19.0 Å². The lowest BCUT2D eigenvalue weighted by Gasteiger charge is -2.33. The van der Waals surface area contributed by atoms with Gasteiger partial charge in [-0.1, -0.05) is 0 Å². The number of carbonyl (C=O) groups is 2. The van der Waals surface area contributed by atoms with Gasteiger partial charge in [0.1, 0.15) is 0 Å². The minimum absolute atomic E-state index is 0.0642. The fourth-order valence-electron chi connectivity index (χ4n) is 2.47. The molecule has 0 radical (unpaired) electrons. The second kappa shape index (κ2) is 7.44. The SMILES string of the molecule is CNCC1CCCN(C(=O)NCC(C)(O)CC(=O)O)C1. The summed E-state index contributed by atoms with van der Waals surface area (Å²) in [5.74, 6) is -0.643. The number of piperidine rings is 1. The normalized spacial score (nSPS) is 22.1. The highest BCUT2D eigenvalue weighted by molar-refractivity contribution is 5.74. The molecule has 0 saturated carbocycles. The van der Waals surface area contributed by atoms with Crippen molar-refractivity contribution >= 4 is 12.0 Å². The number of aliphatic carboxylic acids is 1. The molecule has 1 aliphatic heterocycles. The summed E-state index contributed by atoms with van der Waals surface area (Å²) in [7, 11) is 1.89. The highest BCUT2D eigenvalue weighted by atomic mass is 16.4. The summed E-state index contributed by atoms with van der Waals surface area (Å²) in [4.78, 5) is 24.3. The second-order valence-corrected chi connectivity index (χ2v) is 5.74. The molecule has 0 spiro atoms. The number of carboxylic acid groups (broad SMARTS) is 1. The van der Waals surface area contributed by atoms with E-state index in [9.17, 15) is 14.7 Å². The highest BCUT2D eigenvalue weighted by Gasteiger charge is 2.27. The summed E-state index contributed by atoms with van der Waals surface area (Å²) < 4.78 is 0. The van der Waals surface area contributed by atoms with Gasteiger partial charge in [0, 0.05) is 19.6 Å². The van der Waals surface area contributed by atoms with E-state index in [1.54, 1.807) is 4.90 Å². The van der Waals surface area contributed by atoms with Gasteiger partial charge < -0.3 is 25.7 Å². The van der Waals surface area contributed by atoms with Crippen molar-refractivity contribution in [2.45, 2.75) is 31.8 Å². The van der Waals surface area contributed by atoms with Crippen LogP contribution < -0.4 is 10.6 Å². The van der Waals surface area contributed by atoms with Crippen LogP contribution in [0.25, 0.3) is 0 Å². The third-order valence-corrected chi connectivity index (χ3v) is 3.45. The molecule has 0 aromatic rings. The molecule has 0 aliphatic carbocycles. The molecular weight excluding hydrogens is 262 g/mol. The van der Waals surface area contributed by atoms with Gasteiger partial charge in [-0.2, -0.15) is 0 Å². The molecule has 2 unspecified atom stereocenters. The number of nitrogens with one attached hydrogen (secondary N) is 2. The van der Waals surface area contributed by atoms with E-state index in [-0.39, 0.29) is 12.6 Å². The van der Waals surface area contributed by atoms with Crippen LogP contribution in [-0.2, 0) is 4.79 Å². The molecule has 0 bridgehead atoms. The van der Waals surface area contributed by atoms with Crippen molar-refractivity contribution in [1.82, 2.24) is 15.5 Å². The molecule has 116 valence electrons. The average molecular weight is 287 g/mol. The van der Waals surface area contributed by atoms with Gasteiger partial charge in [0.25, 0.3) is 0 Å². The molecule has 1 aliphatic rings. The zero-order chi connectivity index (χ0) is 15.2. The van der Waals surface area contributed by atoms with Crippen LogP contribution in [0.2, 0.25) is 0 Å². The van der Waals surface area contributed by atoms with Crippen LogP contribution in [-0.4, -0.2) is 65.9 Å². The summed E-state index contributed by atoms with van der Waals surface area (Å²) in [6.07, 6.45) is 1.67. The maximum Gasteiger partial charge on any atom is 0.317 e. The first kappa shape index (κ1) is 16.7. The fraction of sp³-hybridized carbons (Fsp3) is 0.846. The lowest BCUT2D eigenvalue weighted by atomic mass is 9.98. The Morgan fingerprint density at radius 1 is 1.45 bits per heavy atom. The molecule has 20 heavy (non-hydrogen) atoms. The van der Waals surface area contributed by atoms with E-state index < -0.39 is 18.0 Å². The number of carboxylic acids is 1. The first-order valence-corrected chi connectivity index (χ1v) is 6.95. The molecular formula is C13H25N3O4. The van der Waals surface area contributed by atoms with Crippen LogP contribution in [0.1, 0.15) is 26.2 Å². The Kier molecular flexibility index (Phi) is 6.22. The van der Waals surface area contributed by atoms with E-state index in [2.05, 4.69) is 10.6 Å². The number of urea groups is 1. The van der Waals surface area contributed by atoms with Crippen molar-refractivity contribution in [1.29, 1.82) is 0 Å². The Labute approximate surface area is 119 Å². The van der Waals surface area contributed by atoms with Gasteiger partial charge in [-0.3, -0.25) is 4.79 Å². The Morgan fingerprint density at radius 3 is 2.75 bits per heavy atom. The van der Waals surface area contributed by atoms with Crippen LogP contribution in [0, 0.1) is 5.92 Å². The summed E-state index contributed by atoms with van der Waals surface area (Å²) in [5.41, 5.74) is -1.43. The second-order valence-electron chi connectivity index (χ2n) is 5.74. The van der Waals surface area contributed by atoms with E-state index in [1.165, 1.54) is 6.92 Å². The molecule has 1 fully saturated rings. The predicted molar refractivity (Wildman–Crippen MR) is 74.5 cm³/mol. The molecule has 0 aromatic carbocycles. The van der Waals surface area contributed by atoms with Crippen molar-refractivity contribution in [3.05, 3.63) is 0 Å². The number of aliphatic hydroxyl groups is 1. The van der Waals surface area contributed by atoms with Crippen LogP contribution in [0.4, 0.5) is 4.79 Å². The average Bonchev–Trinajstić information content (AvgIpc) is 2.35. The molecule has 0 aromatic heterocycles. The number of hydrogen-bond acceptors (Lipinski definition) is 4. The summed E-state index contributed by atoms with van der Waals surface area (Å²) in [5, 5.41) is 24.2. The molecule has 1 rings (SSSR count). The number of rotatable bonds is 6. The largest absolute Gasteiger partial charge is 0.481 e. The van der Waals surface area contributed by atoms with E-state index >= 15 is 0 Å². The topological polar surface area (TPSA) is 102 Å². The predicted octanol–water partition coefficient (Wildman–Crippen LogP) is -0.147. The monoisotopic (exact) mass is 287 g/mol. The first-order chi connectivity index (χ1) is 9.34. The Hall–Kier alpha value is -1.34. The molecule has 2 atom stereocenters. The van der Waals surface area contributed by atoms with Gasteiger partial charge in [0.2, 0.25) is 0 Å². The van der Waals surface area contributed by atoms with Crippen molar-refractivity contribution in [3.8, 4) is 0 Å². The van der Waals surface area contributed by atoms with E-state index in [4.69, 9.17) is 5.11 Å². The van der Waals surface area contributed by atoms with Crippen molar-refractivity contribution in [2.24, 2.45) is 5.92 Å². The number of carbonyl (C=O) groups excluding carboxylic acids is 1. The molecule has 1 heterocycles.